The minimum Gasteiger partial charge on any atom is -0.493 e. The molecule has 140 valence electrons. The highest BCUT2D eigenvalue weighted by molar-refractivity contribution is 7.10. The maximum absolute atomic E-state index is 12.5. The van der Waals surface area contributed by atoms with Gasteiger partial charge in [-0.2, -0.15) is 8.78 Å². The molecule has 0 amide bonds. The van der Waals surface area contributed by atoms with E-state index in [0.717, 1.165) is 19.0 Å². The fourth-order valence-electron chi connectivity index (χ4n) is 3.23. The van der Waals surface area contributed by atoms with Crippen LogP contribution in [0.4, 0.5) is 14.5 Å². The summed E-state index contributed by atoms with van der Waals surface area (Å²) in [7, 11) is 1.31. The number of hydrogen-bond acceptors (Lipinski definition) is 6. The summed E-state index contributed by atoms with van der Waals surface area (Å²) in [5, 5.41) is 13.5. The van der Waals surface area contributed by atoms with E-state index in [9.17, 15) is 18.9 Å². The van der Waals surface area contributed by atoms with Crippen molar-refractivity contribution in [1.82, 2.24) is 4.90 Å². The Hall–Kier alpha value is -2.26. The van der Waals surface area contributed by atoms with Crippen LogP contribution in [0.1, 0.15) is 29.0 Å². The lowest BCUT2D eigenvalue weighted by Gasteiger charge is -2.33. The Morgan fingerprint density at radius 1 is 1.42 bits per heavy atom. The molecular weight excluding hydrogens is 366 g/mol. The molecule has 0 N–H and O–H groups in total. The highest BCUT2D eigenvalue weighted by atomic mass is 32.1. The van der Waals surface area contributed by atoms with Crippen LogP contribution < -0.4 is 9.47 Å². The zero-order valence-corrected chi connectivity index (χ0v) is 15.1. The van der Waals surface area contributed by atoms with Crippen molar-refractivity contribution < 1.29 is 23.2 Å². The summed E-state index contributed by atoms with van der Waals surface area (Å²) in [5.41, 5.74) is 1.37. The first kappa shape index (κ1) is 18.5. The van der Waals surface area contributed by atoms with Crippen molar-refractivity contribution in [2.45, 2.75) is 32.5 Å². The number of hydrogen-bond donors (Lipinski definition) is 0. The third-order valence-corrected chi connectivity index (χ3v) is 5.55. The number of nitro groups is 1. The molecule has 6 nitrogen and oxygen atoms in total. The van der Waals surface area contributed by atoms with Crippen molar-refractivity contribution in [3.8, 4) is 11.5 Å². The van der Waals surface area contributed by atoms with Gasteiger partial charge in [0.25, 0.3) is 5.69 Å². The maximum Gasteiger partial charge on any atom is 0.387 e. The number of halogens is 2. The molecule has 1 aliphatic heterocycles. The maximum atomic E-state index is 12.5. The highest BCUT2D eigenvalue weighted by Gasteiger charge is 2.28. The van der Waals surface area contributed by atoms with Gasteiger partial charge >= 0.3 is 6.61 Å². The number of ether oxygens (including phenoxy) is 2. The van der Waals surface area contributed by atoms with Crippen LogP contribution in [0.25, 0.3) is 0 Å². The predicted molar refractivity (Wildman–Crippen MR) is 93.1 cm³/mol. The molecule has 2 aromatic rings. The molecule has 2 heterocycles. The molecule has 0 bridgehead atoms. The highest BCUT2D eigenvalue weighted by Crippen LogP contribution is 2.39. The first-order valence-electron chi connectivity index (χ1n) is 8.01. The standard InChI is InChI=1S/C17H18F2N2O4S/c1-10-12-4-6-26-16(12)3-5-20(10)9-11-7-14(24-2)15(25-17(18)19)8-13(11)21(22)23/h4,6-8,10,17H,3,5,9H2,1-2H3. The van der Waals surface area contributed by atoms with E-state index in [1.54, 1.807) is 11.3 Å². The van der Waals surface area contributed by atoms with E-state index in [-0.39, 0.29) is 23.2 Å². The summed E-state index contributed by atoms with van der Waals surface area (Å²) in [6, 6.07) is 4.61. The number of alkyl halides is 2. The van der Waals surface area contributed by atoms with Gasteiger partial charge in [0.05, 0.1) is 18.1 Å². The number of rotatable bonds is 6. The fourth-order valence-corrected chi connectivity index (χ4v) is 4.19. The number of nitrogens with zero attached hydrogens (tertiary/aromatic N) is 2. The Bertz CT molecular complexity index is 812. The van der Waals surface area contributed by atoms with Gasteiger partial charge in [-0.15, -0.1) is 11.3 Å². The Labute approximate surface area is 153 Å². The first-order valence-corrected chi connectivity index (χ1v) is 8.89. The molecule has 0 saturated heterocycles. The van der Waals surface area contributed by atoms with Crippen molar-refractivity contribution in [3.05, 3.63) is 49.7 Å². The van der Waals surface area contributed by atoms with Gasteiger partial charge in [-0.1, -0.05) is 0 Å². The molecule has 26 heavy (non-hydrogen) atoms. The number of thiophene rings is 1. The lowest BCUT2D eigenvalue weighted by molar-refractivity contribution is -0.385. The average molecular weight is 384 g/mol. The molecule has 0 saturated carbocycles. The molecule has 9 heteroatoms. The molecule has 0 radical (unpaired) electrons. The van der Waals surface area contributed by atoms with Crippen LogP contribution >= 0.6 is 11.3 Å². The zero-order chi connectivity index (χ0) is 18.8. The molecule has 1 aliphatic rings. The van der Waals surface area contributed by atoms with Crippen LogP contribution in [0, 0.1) is 10.1 Å². The Morgan fingerprint density at radius 2 is 2.19 bits per heavy atom. The Balaban J connectivity index is 1.93. The molecule has 1 aromatic heterocycles. The quantitative estimate of drug-likeness (QED) is 0.546. The lowest BCUT2D eigenvalue weighted by Crippen LogP contribution is -2.32. The van der Waals surface area contributed by atoms with E-state index in [0.29, 0.717) is 12.1 Å². The van der Waals surface area contributed by atoms with Gasteiger partial charge in [-0.05, 0) is 36.4 Å². The molecule has 0 spiro atoms. The SMILES string of the molecule is COc1cc(CN2CCc3sccc3C2C)c([N+](=O)[O-])cc1OC(F)F. The second-order valence-corrected chi connectivity index (χ2v) is 6.96. The van der Waals surface area contributed by atoms with Crippen LogP contribution in [-0.2, 0) is 13.0 Å². The van der Waals surface area contributed by atoms with E-state index >= 15 is 0 Å². The summed E-state index contributed by atoms with van der Waals surface area (Å²) < 4.78 is 34.5. The van der Waals surface area contributed by atoms with E-state index in [1.165, 1.54) is 23.6 Å². The van der Waals surface area contributed by atoms with Gasteiger partial charge in [-0.25, -0.2) is 0 Å². The van der Waals surface area contributed by atoms with Crippen molar-refractivity contribution in [2.24, 2.45) is 0 Å². The van der Waals surface area contributed by atoms with Crippen LogP contribution in [0.5, 0.6) is 11.5 Å². The van der Waals surface area contributed by atoms with E-state index in [4.69, 9.17) is 4.74 Å². The second-order valence-electron chi connectivity index (χ2n) is 5.96. The average Bonchev–Trinajstić information content (AvgIpc) is 3.07. The van der Waals surface area contributed by atoms with Gasteiger partial charge in [0.2, 0.25) is 0 Å². The molecule has 1 aromatic carbocycles. The van der Waals surface area contributed by atoms with Crippen molar-refractivity contribution in [1.29, 1.82) is 0 Å². The Kier molecular flexibility index (Phi) is 5.38. The summed E-state index contributed by atoms with van der Waals surface area (Å²) in [4.78, 5) is 14.3. The molecule has 0 aliphatic carbocycles. The normalized spacial score (nSPS) is 17.2. The van der Waals surface area contributed by atoms with Gasteiger partial charge < -0.3 is 9.47 Å². The monoisotopic (exact) mass is 384 g/mol. The van der Waals surface area contributed by atoms with Crippen molar-refractivity contribution in [3.63, 3.8) is 0 Å². The number of fused-ring (bicyclic) bond motifs is 1. The van der Waals surface area contributed by atoms with E-state index in [2.05, 4.69) is 22.6 Å². The smallest absolute Gasteiger partial charge is 0.387 e. The Morgan fingerprint density at radius 3 is 2.85 bits per heavy atom. The van der Waals surface area contributed by atoms with E-state index < -0.39 is 11.5 Å². The van der Waals surface area contributed by atoms with Gasteiger partial charge in [-0.3, -0.25) is 15.0 Å². The summed E-state index contributed by atoms with van der Waals surface area (Å²) in [5.74, 6) is -0.295. The summed E-state index contributed by atoms with van der Waals surface area (Å²) in [6.07, 6.45) is 0.884. The minimum absolute atomic E-state index is 0.0479. The molecule has 3 rings (SSSR count). The van der Waals surface area contributed by atoms with Crippen molar-refractivity contribution in [2.75, 3.05) is 13.7 Å². The van der Waals surface area contributed by atoms with E-state index in [1.807, 2.05) is 5.38 Å². The molecule has 0 fully saturated rings. The van der Waals surface area contributed by atoms with Gasteiger partial charge in [0.15, 0.2) is 11.5 Å². The summed E-state index contributed by atoms with van der Waals surface area (Å²) >= 11 is 1.72. The largest absolute Gasteiger partial charge is 0.493 e. The second kappa shape index (κ2) is 7.55. The van der Waals surface area contributed by atoms with Crippen LogP contribution in [0.15, 0.2) is 23.6 Å². The summed E-state index contributed by atoms with van der Waals surface area (Å²) in [6.45, 7) is 0.0531. The lowest BCUT2D eigenvalue weighted by atomic mass is 10.00. The molecular formula is C17H18F2N2O4S. The van der Waals surface area contributed by atoms with Gasteiger partial charge in [0.1, 0.15) is 0 Å². The zero-order valence-electron chi connectivity index (χ0n) is 14.3. The van der Waals surface area contributed by atoms with Gasteiger partial charge in [0, 0.05) is 29.6 Å². The third-order valence-electron chi connectivity index (χ3n) is 4.55. The topological polar surface area (TPSA) is 64.8 Å². The van der Waals surface area contributed by atoms with Crippen LogP contribution in [0.3, 0.4) is 0 Å². The first-order chi connectivity index (χ1) is 12.4. The van der Waals surface area contributed by atoms with Crippen molar-refractivity contribution >= 4 is 17.0 Å². The van der Waals surface area contributed by atoms with Crippen LogP contribution in [-0.4, -0.2) is 30.1 Å². The van der Waals surface area contributed by atoms with Crippen LogP contribution in [0.2, 0.25) is 0 Å². The molecule has 1 unspecified atom stereocenters. The third kappa shape index (κ3) is 3.63. The minimum atomic E-state index is -3.09. The number of methoxy groups -OCH3 is 1. The predicted octanol–water partition coefficient (Wildman–Crippen LogP) is 4.39. The number of benzene rings is 1. The fraction of sp³-hybridized carbons (Fsp3) is 0.412. The number of nitro benzene ring substituents is 1. The molecule has 1 atom stereocenters.